The van der Waals surface area contributed by atoms with Crippen molar-refractivity contribution in [2.45, 2.75) is 38.6 Å². The molecule has 1 atom stereocenters. The summed E-state index contributed by atoms with van der Waals surface area (Å²) in [7, 11) is 0. The summed E-state index contributed by atoms with van der Waals surface area (Å²) in [5.41, 5.74) is 7.23. The van der Waals surface area contributed by atoms with E-state index in [2.05, 4.69) is 11.2 Å². The van der Waals surface area contributed by atoms with E-state index in [9.17, 15) is 10.1 Å². The monoisotopic (exact) mass is 318 g/mol. The zero-order valence-electron chi connectivity index (χ0n) is 12.1. The zero-order valence-corrected chi connectivity index (χ0v) is 12.9. The Morgan fingerprint density at radius 1 is 1.59 bits per heavy atom. The van der Waals surface area contributed by atoms with Crippen molar-refractivity contribution in [3.05, 3.63) is 39.7 Å². The number of carbonyl (C=O) groups excluding carboxylic acids is 1. The van der Waals surface area contributed by atoms with Gasteiger partial charge in [0.05, 0.1) is 22.8 Å². The molecule has 7 heteroatoms. The predicted molar refractivity (Wildman–Crippen MR) is 79.4 cm³/mol. The first-order valence-corrected chi connectivity index (χ1v) is 7.51. The number of nitrogens with two attached hydrogens (primary N) is 1. The van der Waals surface area contributed by atoms with Crippen LogP contribution in [0.3, 0.4) is 0 Å². The van der Waals surface area contributed by atoms with Crippen molar-refractivity contribution in [1.29, 1.82) is 5.26 Å². The lowest BCUT2D eigenvalue weighted by Crippen LogP contribution is -2.28. The summed E-state index contributed by atoms with van der Waals surface area (Å²) in [5, 5.41) is 14.1. The number of Topliss-reactive ketones (excluding diaryl/α,β-unsaturated/α-hetero) is 1. The maximum atomic E-state index is 12.4. The summed E-state index contributed by atoms with van der Waals surface area (Å²) in [6.45, 7) is 2.50. The first kappa shape index (κ1) is 14.7. The van der Waals surface area contributed by atoms with E-state index in [1.54, 1.807) is 4.68 Å². The molecular weight excluding hydrogens is 304 g/mol. The average Bonchev–Trinajstić information content (AvgIpc) is 2.86. The van der Waals surface area contributed by atoms with Crippen molar-refractivity contribution in [1.82, 2.24) is 9.78 Å². The van der Waals surface area contributed by atoms with E-state index in [4.69, 9.17) is 22.1 Å². The fourth-order valence-corrected chi connectivity index (χ4v) is 3.29. The molecule has 0 saturated heterocycles. The summed E-state index contributed by atoms with van der Waals surface area (Å²) < 4.78 is 7.22. The molecule has 0 spiro atoms. The van der Waals surface area contributed by atoms with Crippen LogP contribution in [0.5, 0.6) is 0 Å². The fourth-order valence-electron chi connectivity index (χ4n) is 3.04. The lowest BCUT2D eigenvalue weighted by molar-refractivity contribution is -0.116. The Bertz CT molecular complexity index is 754. The minimum absolute atomic E-state index is 0.0218. The second-order valence-electron chi connectivity index (χ2n) is 5.23. The molecule has 114 valence electrons. The number of carbonyl (C=O) groups is 1. The van der Waals surface area contributed by atoms with Gasteiger partial charge in [-0.15, -0.1) is 0 Å². The number of aryl methyl sites for hydroxylation is 1. The molecule has 2 heterocycles. The number of nitrogens with zero attached hydrogens (tertiary/aromatic N) is 3. The second kappa shape index (κ2) is 5.50. The van der Waals surface area contributed by atoms with Crippen molar-refractivity contribution in [2.75, 3.05) is 0 Å². The number of halogens is 1. The lowest BCUT2D eigenvalue weighted by Gasteiger charge is -2.31. The second-order valence-corrected chi connectivity index (χ2v) is 5.64. The molecule has 1 aromatic rings. The van der Waals surface area contributed by atoms with Gasteiger partial charge in [0.15, 0.2) is 5.78 Å². The van der Waals surface area contributed by atoms with E-state index in [0.29, 0.717) is 41.4 Å². The van der Waals surface area contributed by atoms with E-state index in [-0.39, 0.29) is 17.2 Å². The molecule has 22 heavy (non-hydrogen) atoms. The van der Waals surface area contributed by atoms with Crippen LogP contribution in [-0.2, 0) is 16.1 Å². The first-order valence-electron chi connectivity index (χ1n) is 7.13. The number of aromatic nitrogens is 2. The zero-order chi connectivity index (χ0) is 15.9. The van der Waals surface area contributed by atoms with Gasteiger partial charge < -0.3 is 10.5 Å². The van der Waals surface area contributed by atoms with Gasteiger partial charge in [-0.1, -0.05) is 11.6 Å². The van der Waals surface area contributed by atoms with Crippen LogP contribution in [0.4, 0.5) is 0 Å². The van der Waals surface area contributed by atoms with E-state index < -0.39 is 5.92 Å². The third kappa shape index (κ3) is 2.09. The maximum Gasteiger partial charge on any atom is 0.205 e. The fraction of sp³-hybridized carbons (Fsp3) is 0.400. The van der Waals surface area contributed by atoms with Crippen LogP contribution < -0.4 is 5.73 Å². The minimum Gasteiger partial charge on any atom is -0.444 e. The van der Waals surface area contributed by atoms with Crippen LogP contribution >= 0.6 is 11.6 Å². The molecule has 1 unspecified atom stereocenters. The highest BCUT2D eigenvalue weighted by molar-refractivity contribution is 6.31. The smallest absolute Gasteiger partial charge is 0.205 e. The first-order chi connectivity index (χ1) is 10.6. The summed E-state index contributed by atoms with van der Waals surface area (Å²) in [6, 6.07) is 2.07. The third-order valence-electron chi connectivity index (χ3n) is 4.01. The topological polar surface area (TPSA) is 93.9 Å². The number of nitriles is 1. The highest BCUT2D eigenvalue weighted by Crippen LogP contribution is 2.45. The average molecular weight is 319 g/mol. The van der Waals surface area contributed by atoms with Gasteiger partial charge >= 0.3 is 0 Å². The maximum absolute atomic E-state index is 12.4. The van der Waals surface area contributed by atoms with Crippen LogP contribution in [-0.4, -0.2) is 15.6 Å². The van der Waals surface area contributed by atoms with Gasteiger partial charge in [0.25, 0.3) is 0 Å². The SMILES string of the molecule is CCn1ncc(Cl)c1C1C(C#N)=C(N)OC2=C1C(=O)CCC2. The Hall–Kier alpha value is -2.26. The molecular formula is C15H15ClN4O2. The third-order valence-corrected chi connectivity index (χ3v) is 4.30. The molecule has 6 nitrogen and oxygen atoms in total. The predicted octanol–water partition coefficient (Wildman–Crippen LogP) is 2.37. The van der Waals surface area contributed by atoms with Gasteiger partial charge in [0.1, 0.15) is 17.4 Å². The Labute approximate surface area is 132 Å². The highest BCUT2D eigenvalue weighted by atomic mass is 35.5. The molecule has 1 aromatic heterocycles. The van der Waals surface area contributed by atoms with Gasteiger partial charge in [-0.05, 0) is 13.3 Å². The van der Waals surface area contributed by atoms with Gasteiger partial charge in [-0.25, -0.2) is 0 Å². The van der Waals surface area contributed by atoms with Crippen LogP contribution in [0, 0.1) is 11.3 Å². The summed E-state index contributed by atoms with van der Waals surface area (Å²) in [5.74, 6) is -0.0264. The molecule has 0 fully saturated rings. The Morgan fingerprint density at radius 2 is 2.36 bits per heavy atom. The van der Waals surface area contributed by atoms with E-state index in [1.807, 2.05) is 6.92 Å². The molecule has 1 aliphatic heterocycles. The van der Waals surface area contributed by atoms with Crippen LogP contribution in [0.15, 0.2) is 29.0 Å². The number of ether oxygens (including phenoxy) is 1. The Kier molecular flexibility index (Phi) is 3.67. The molecule has 0 radical (unpaired) electrons. The van der Waals surface area contributed by atoms with Crippen molar-refractivity contribution < 1.29 is 9.53 Å². The Morgan fingerprint density at radius 3 is 3.05 bits per heavy atom. The molecule has 0 saturated carbocycles. The number of ketones is 1. The molecule has 0 bridgehead atoms. The van der Waals surface area contributed by atoms with Gasteiger partial charge in [-0.3, -0.25) is 9.48 Å². The molecule has 2 aliphatic rings. The molecule has 0 amide bonds. The van der Waals surface area contributed by atoms with Crippen LogP contribution in [0.2, 0.25) is 5.02 Å². The van der Waals surface area contributed by atoms with Crippen LogP contribution in [0.1, 0.15) is 37.8 Å². The molecule has 3 rings (SSSR count). The number of allylic oxidation sites excluding steroid dienone is 3. The van der Waals surface area contributed by atoms with E-state index in [1.165, 1.54) is 6.20 Å². The van der Waals surface area contributed by atoms with Crippen LogP contribution in [0.25, 0.3) is 0 Å². The quantitative estimate of drug-likeness (QED) is 0.903. The Balaban J connectivity index is 2.25. The lowest BCUT2D eigenvalue weighted by atomic mass is 9.79. The summed E-state index contributed by atoms with van der Waals surface area (Å²) in [6.07, 6.45) is 3.32. The normalized spacial score (nSPS) is 21.5. The number of hydrogen-bond donors (Lipinski definition) is 1. The minimum atomic E-state index is -0.600. The largest absolute Gasteiger partial charge is 0.444 e. The van der Waals surface area contributed by atoms with Crippen molar-refractivity contribution >= 4 is 17.4 Å². The molecule has 0 aromatic carbocycles. The van der Waals surface area contributed by atoms with Gasteiger partial charge in [-0.2, -0.15) is 10.4 Å². The van der Waals surface area contributed by atoms with E-state index in [0.717, 1.165) is 6.42 Å². The standard InChI is InChI=1S/C15H15ClN4O2/c1-2-20-14(9(16)7-19-20)12-8(6-17)15(18)22-11-5-3-4-10(21)13(11)12/h7,12H,2-5,18H2,1H3. The van der Waals surface area contributed by atoms with E-state index >= 15 is 0 Å². The van der Waals surface area contributed by atoms with Gasteiger partial charge in [0.2, 0.25) is 5.88 Å². The number of hydrogen-bond acceptors (Lipinski definition) is 5. The molecule has 2 N–H and O–H groups in total. The highest BCUT2D eigenvalue weighted by Gasteiger charge is 2.40. The summed E-state index contributed by atoms with van der Waals surface area (Å²) in [4.78, 5) is 12.4. The summed E-state index contributed by atoms with van der Waals surface area (Å²) >= 11 is 6.28. The molecule has 1 aliphatic carbocycles. The van der Waals surface area contributed by atoms with Gasteiger partial charge in [0, 0.05) is 25.0 Å². The van der Waals surface area contributed by atoms with Crippen molar-refractivity contribution in [3.63, 3.8) is 0 Å². The van der Waals surface area contributed by atoms with Crippen molar-refractivity contribution in [2.24, 2.45) is 5.73 Å². The van der Waals surface area contributed by atoms with Crippen molar-refractivity contribution in [3.8, 4) is 6.07 Å². The number of rotatable bonds is 2.